The van der Waals surface area contributed by atoms with Gasteiger partial charge in [0.05, 0.1) is 0 Å². The van der Waals surface area contributed by atoms with E-state index in [0.717, 1.165) is 18.5 Å². The van der Waals surface area contributed by atoms with Gasteiger partial charge in [-0.15, -0.1) is 0 Å². The molecule has 3 rings (SSSR count). The average molecular weight is 274 g/mol. The Hall–Kier alpha value is -1.62. The number of fused-ring (bicyclic) bond motifs is 1. The van der Waals surface area contributed by atoms with E-state index in [1.165, 1.54) is 25.8 Å². The number of urea groups is 1. The molecule has 2 amide bonds. The highest BCUT2D eigenvalue weighted by Gasteiger charge is 2.36. The molecule has 2 aliphatic heterocycles. The molecule has 2 aliphatic rings. The topological polar surface area (TPSA) is 57.3 Å². The third-order valence-electron chi connectivity index (χ3n) is 4.41. The predicted octanol–water partition coefficient (Wildman–Crippen LogP) is 2.14. The van der Waals surface area contributed by atoms with Crippen LogP contribution in [-0.4, -0.2) is 41.1 Å². The van der Waals surface area contributed by atoms with E-state index in [4.69, 9.17) is 0 Å². The van der Waals surface area contributed by atoms with E-state index in [9.17, 15) is 4.79 Å². The number of amides is 2. The Morgan fingerprint density at radius 2 is 2.25 bits per heavy atom. The lowest BCUT2D eigenvalue weighted by Crippen LogP contribution is -2.48. The van der Waals surface area contributed by atoms with Crippen LogP contribution in [0.25, 0.3) is 0 Å². The van der Waals surface area contributed by atoms with E-state index in [2.05, 4.69) is 20.5 Å². The molecule has 0 radical (unpaired) electrons. The number of aromatic nitrogens is 1. The molecule has 2 saturated heterocycles. The highest BCUT2D eigenvalue weighted by Crippen LogP contribution is 2.27. The SMILES string of the molecule is Cc1cccnc1NC(=O)N[C@H]1CCN2CCCC[C@H]12. The number of anilines is 1. The quantitative estimate of drug-likeness (QED) is 0.868. The van der Waals surface area contributed by atoms with Crippen molar-refractivity contribution in [1.29, 1.82) is 0 Å². The minimum atomic E-state index is -0.135. The van der Waals surface area contributed by atoms with Gasteiger partial charge < -0.3 is 5.32 Å². The fourth-order valence-corrected chi connectivity index (χ4v) is 3.34. The second-order valence-corrected chi connectivity index (χ2v) is 5.76. The summed E-state index contributed by atoms with van der Waals surface area (Å²) in [7, 11) is 0. The largest absolute Gasteiger partial charge is 0.333 e. The number of rotatable bonds is 2. The lowest BCUT2D eigenvalue weighted by Gasteiger charge is -2.32. The van der Waals surface area contributed by atoms with Gasteiger partial charge in [0.2, 0.25) is 0 Å². The summed E-state index contributed by atoms with van der Waals surface area (Å²) >= 11 is 0. The van der Waals surface area contributed by atoms with Gasteiger partial charge in [0.1, 0.15) is 5.82 Å². The summed E-state index contributed by atoms with van der Waals surface area (Å²) in [4.78, 5) is 18.8. The van der Waals surface area contributed by atoms with Crippen LogP contribution in [0.4, 0.5) is 10.6 Å². The summed E-state index contributed by atoms with van der Waals surface area (Å²) in [6, 6.07) is 4.49. The number of aryl methyl sites for hydroxylation is 1. The van der Waals surface area contributed by atoms with Crippen molar-refractivity contribution in [2.45, 2.75) is 44.7 Å². The van der Waals surface area contributed by atoms with Gasteiger partial charge in [0.15, 0.2) is 0 Å². The normalized spacial score (nSPS) is 26.1. The van der Waals surface area contributed by atoms with Crippen LogP contribution in [0.1, 0.15) is 31.2 Å². The minimum absolute atomic E-state index is 0.135. The lowest BCUT2D eigenvalue weighted by molar-refractivity contribution is 0.180. The number of nitrogens with one attached hydrogen (secondary N) is 2. The summed E-state index contributed by atoms with van der Waals surface area (Å²) in [6.45, 7) is 4.24. The molecule has 5 nitrogen and oxygen atoms in total. The minimum Gasteiger partial charge on any atom is -0.333 e. The molecule has 2 atom stereocenters. The van der Waals surface area contributed by atoms with Crippen molar-refractivity contribution < 1.29 is 4.79 Å². The van der Waals surface area contributed by atoms with Gasteiger partial charge in [-0.3, -0.25) is 10.2 Å². The van der Waals surface area contributed by atoms with Crippen LogP contribution >= 0.6 is 0 Å². The van der Waals surface area contributed by atoms with Gasteiger partial charge in [-0.05, 0) is 44.4 Å². The Balaban J connectivity index is 1.58. The van der Waals surface area contributed by atoms with Gasteiger partial charge in [-0.2, -0.15) is 0 Å². The number of nitrogens with zero attached hydrogens (tertiary/aromatic N) is 2. The van der Waals surface area contributed by atoms with Crippen molar-refractivity contribution in [3.63, 3.8) is 0 Å². The van der Waals surface area contributed by atoms with Crippen molar-refractivity contribution in [2.75, 3.05) is 18.4 Å². The highest BCUT2D eigenvalue weighted by atomic mass is 16.2. The fraction of sp³-hybridized carbons (Fsp3) is 0.600. The fourth-order valence-electron chi connectivity index (χ4n) is 3.34. The molecule has 0 saturated carbocycles. The first-order valence-electron chi connectivity index (χ1n) is 7.47. The zero-order valence-electron chi connectivity index (χ0n) is 11.9. The standard InChI is InChI=1S/C15H22N4O/c1-11-5-4-8-16-14(11)18-15(20)17-12-7-10-19-9-3-2-6-13(12)19/h4-5,8,12-13H,2-3,6-7,9-10H2,1H3,(H2,16,17,18,20)/t12-,13+/m0/s1. The summed E-state index contributed by atoms with van der Waals surface area (Å²) < 4.78 is 0. The van der Waals surface area contributed by atoms with Crippen molar-refractivity contribution in [3.8, 4) is 0 Å². The van der Waals surface area contributed by atoms with Crippen LogP contribution in [0.15, 0.2) is 18.3 Å². The molecule has 2 N–H and O–H groups in total. The first kappa shape index (κ1) is 13.4. The molecule has 0 aromatic carbocycles. The van der Waals surface area contributed by atoms with Crippen molar-refractivity contribution in [3.05, 3.63) is 23.9 Å². The Labute approximate surface area is 119 Å². The highest BCUT2D eigenvalue weighted by molar-refractivity contribution is 5.89. The number of piperidine rings is 1. The Kier molecular flexibility index (Phi) is 3.87. The monoisotopic (exact) mass is 274 g/mol. The molecule has 20 heavy (non-hydrogen) atoms. The molecule has 0 spiro atoms. The Bertz CT molecular complexity index is 491. The van der Waals surface area contributed by atoms with E-state index in [0.29, 0.717) is 11.9 Å². The van der Waals surface area contributed by atoms with Gasteiger partial charge in [-0.25, -0.2) is 9.78 Å². The molecule has 0 aliphatic carbocycles. The van der Waals surface area contributed by atoms with E-state index < -0.39 is 0 Å². The van der Waals surface area contributed by atoms with E-state index in [1.54, 1.807) is 6.20 Å². The lowest BCUT2D eigenvalue weighted by atomic mass is 9.99. The third-order valence-corrected chi connectivity index (χ3v) is 4.41. The maximum absolute atomic E-state index is 12.1. The second-order valence-electron chi connectivity index (χ2n) is 5.76. The maximum Gasteiger partial charge on any atom is 0.320 e. The zero-order valence-corrected chi connectivity index (χ0v) is 11.9. The molecular formula is C15H22N4O. The van der Waals surface area contributed by atoms with Crippen LogP contribution in [0.2, 0.25) is 0 Å². The zero-order chi connectivity index (χ0) is 13.9. The van der Waals surface area contributed by atoms with Crippen LogP contribution < -0.4 is 10.6 Å². The number of carbonyl (C=O) groups excluding carboxylic acids is 1. The van der Waals surface area contributed by atoms with Crippen LogP contribution in [0.3, 0.4) is 0 Å². The van der Waals surface area contributed by atoms with Crippen molar-refractivity contribution >= 4 is 11.8 Å². The van der Waals surface area contributed by atoms with Crippen molar-refractivity contribution in [1.82, 2.24) is 15.2 Å². The van der Waals surface area contributed by atoms with E-state index in [1.807, 2.05) is 19.1 Å². The number of hydrogen-bond acceptors (Lipinski definition) is 3. The summed E-state index contributed by atoms with van der Waals surface area (Å²) in [5.41, 5.74) is 0.980. The predicted molar refractivity (Wildman–Crippen MR) is 78.7 cm³/mol. The van der Waals surface area contributed by atoms with Crippen molar-refractivity contribution in [2.24, 2.45) is 0 Å². The molecule has 0 unspecified atom stereocenters. The Morgan fingerprint density at radius 1 is 1.35 bits per heavy atom. The summed E-state index contributed by atoms with van der Waals surface area (Å²) in [6.07, 6.45) is 6.52. The molecule has 0 bridgehead atoms. The van der Waals surface area contributed by atoms with Crippen LogP contribution in [0, 0.1) is 6.92 Å². The molecule has 1 aromatic rings. The second kappa shape index (κ2) is 5.79. The number of hydrogen-bond donors (Lipinski definition) is 2. The molecule has 3 heterocycles. The first-order chi connectivity index (χ1) is 9.74. The number of carbonyl (C=O) groups is 1. The summed E-state index contributed by atoms with van der Waals surface area (Å²) in [5.74, 6) is 0.642. The summed E-state index contributed by atoms with van der Waals surface area (Å²) in [5, 5.41) is 5.97. The number of pyridine rings is 1. The molecule has 2 fully saturated rings. The molecular weight excluding hydrogens is 252 g/mol. The molecule has 108 valence electrons. The van der Waals surface area contributed by atoms with Gasteiger partial charge >= 0.3 is 6.03 Å². The smallest absolute Gasteiger partial charge is 0.320 e. The first-order valence-corrected chi connectivity index (χ1v) is 7.47. The molecule has 5 heteroatoms. The third kappa shape index (κ3) is 2.77. The van der Waals surface area contributed by atoms with Crippen LogP contribution in [-0.2, 0) is 0 Å². The Morgan fingerprint density at radius 3 is 3.10 bits per heavy atom. The average Bonchev–Trinajstić information content (AvgIpc) is 2.85. The van der Waals surface area contributed by atoms with Gasteiger partial charge in [0.25, 0.3) is 0 Å². The molecule has 1 aromatic heterocycles. The maximum atomic E-state index is 12.1. The van der Waals surface area contributed by atoms with Gasteiger partial charge in [-0.1, -0.05) is 12.5 Å². The van der Waals surface area contributed by atoms with E-state index in [-0.39, 0.29) is 12.1 Å². The van der Waals surface area contributed by atoms with Gasteiger partial charge in [0, 0.05) is 24.8 Å². The van der Waals surface area contributed by atoms with Crippen LogP contribution in [0.5, 0.6) is 0 Å². The van der Waals surface area contributed by atoms with E-state index >= 15 is 0 Å².